The summed E-state index contributed by atoms with van der Waals surface area (Å²) < 4.78 is 41.2. The van der Waals surface area contributed by atoms with Gasteiger partial charge in [0, 0.05) is 12.1 Å². The number of hydrogen-bond donors (Lipinski definition) is 3. The van der Waals surface area contributed by atoms with Crippen LogP contribution in [0.1, 0.15) is 0 Å². The second-order valence-electron chi connectivity index (χ2n) is 7.37. The van der Waals surface area contributed by atoms with Gasteiger partial charge in [-0.3, -0.25) is 4.79 Å². The van der Waals surface area contributed by atoms with Gasteiger partial charge in [-0.1, -0.05) is 24.3 Å². The van der Waals surface area contributed by atoms with Crippen molar-refractivity contribution >= 4 is 45.1 Å². The first-order valence-corrected chi connectivity index (χ1v) is 10.6. The van der Waals surface area contributed by atoms with E-state index >= 15 is 0 Å². The fraction of sp³-hybridized carbons (Fsp3) is 0.0435. The number of nitrogens with zero attached hydrogens (tertiary/aromatic N) is 5. The molecule has 0 spiro atoms. The number of aromatic nitrogens is 6. The monoisotopic (exact) mass is 506 g/mol. The topological polar surface area (TPSA) is 157 Å². The summed E-state index contributed by atoms with van der Waals surface area (Å²) in [4.78, 5) is 18.3. The number of rotatable bonds is 5. The standard InChI is InChI=1S/C12H9FN4O2.C11H7FN4O2/c1-18-12-10(6-9-11(15-12)17-19-16-9)14-8-5-3-2-4-7(8)13;12-6-3-1-2-4-7(6)13-9-5-8-10(14-11(9)17)16-18-15-8/h2-6,14H,1H3;1-5,13H,(H,14,16,17). The highest BCUT2D eigenvalue weighted by Gasteiger charge is 2.13. The van der Waals surface area contributed by atoms with Crippen LogP contribution in [0.2, 0.25) is 0 Å². The summed E-state index contributed by atoms with van der Waals surface area (Å²) in [6.45, 7) is 0. The SMILES string of the molecule is COc1nc2nonc2cc1Nc1ccccc1F.O=c1[nH]c2nonc2cc1Nc1ccccc1F. The number of anilines is 4. The number of halogens is 2. The number of ether oxygens (including phenoxy) is 1. The van der Waals surface area contributed by atoms with Crippen molar-refractivity contribution in [1.82, 2.24) is 30.6 Å². The second-order valence-corrected chi connectivity index (χ2v) is 7.37. The summed E-state index contributed by atoms with van der Waals surface area (Å²) in [6, 6.07) is 15.4. The number of para-hydroxylation sites is 2. The van der Waals surface area contributed by atoms with Crippen LogP contribution in [0.3, 0.4) is 0 Å². The highest BCUT2D eigenvalue weighted by molar-refractivity contribution is 5.79. The fourth-order valence-corrected chi connectivity index (χ4v) is 3.22. The van der Waals surface area contributed by atoms with Crippen molar-refractivity contribution in [2.45, 2.75) is 0 Å². The van der Waals surface area contributed by atoms with Gasteiger partial charge in [0.05, 0.1) is 18.5 Å². The number of aromatic amines is 1. The lowest BCUT2D eigenvalue weighted by atomic mass is 10.3. The van der Waals surface area contributed by atoms with Crippen LogP contribution >= 0.6 is 0 Å². The Morgan fingerprint density at radius 2 is 1.38 bits per heavy atom. The zero-order valence-electron chi connectivity index (χ0n) is 18.9. The molecule has 14 heteroatoms. The molecule has 0 aliphatic rings. The molecule has 4 aromatic heterocycles. The zero-order chi connectivity index (χ0) is 25.8. The molecule has 0 unspecified atom stereocenters. The average Bonchev–Trinajstić information content (AvgIpc) is 3.55. The quantitative estimate of drug-likeness (QED) is 0.306. The van der Waals surface area contributed by atoms with Gasteiger partial charge in [-0.15, -0.1) is 0 Å². The second kappa shape index (κ2) is 10.1. The Bertz CT molecular complexity index is 1750. The molecule has 0 amide bonds. The molecule has 0 aliphatic carbocycles. The molecular weight excluding hydrogens is 490 g/mol. The van der Waals surface area contributed by atoms with Gasteiger partial charge in [-0.05, 0) is 44.9 Å². The number of fused-ring (bicyclic) bond motifs is 2. The van der Waals surface area contributed by atoms with Crippen molar-refractivity contribution in [2.24, 2.45) is 0 Å². The molecule has 0 aliphatic heterocycles. The smallest absolute Gasteiger partial charge is 0.273 e. The van der Waals surface area contributed by atoms with E-state index in [2.05, 4.69) is 50.5 Å². The minimum Gasteiger partial charge on any atom is -0.479 e. The minimum absolute atomic E-state index is 0.170. The van der Waals surface area contributed by atoms with Crippen LogP contribution < -0.4 is 20.9 Å². The number of H-pyrrole nitrogens is 1. The highest BCUT2D eigenvalue weighted by atomic mass is 19.1. The van der Waals surface area contributed by atoms with Gasteiger partial charge in [-0.2, -0.15) is 4.98 Å². The van der Waals surface area contributed by atoms with Crippen LogP contribution in [0.25, 0.3) is 22.3 Å². The zero-order valence-corrected chi connectivity index (χ0v) is 18.9. The summed E-state index contributed by atoms with van der Waals surface area (Å²) in [5.74, 6) is -0.537. The molecule has 12 nitrogen and oxygen atoms in total. The normalized spacial score (nSPS) is 10.7. The van der Waals surface area contributed by atoms with E-state index < -0.39 is 11.4 Å². The van der Waals surface area contributed by atoms with Gasteiger partial charge in [0.25, 0.3) is 5.56 Å². The summed E-state index contributed by atoms with van der Waals surface area (Å²) in [7, 11) is 1.47. The lowest BCUT2D eigenvalue weighted by molar-refractivity contribution is 0.314. The predicted octanol–water partition coefficient (Wildman–Crippen LogP) is 4.30. The van der Waals surface area contributed by atoms with E-state index in [1.165, 1.54) is 31.4 Å². The van der Waals surface area contributed by atoms with Crippen LogP contribution in [-0.2, 0) is 0 Å². The molecule has 0 bridgehead atoms. The average molecular weight is 506 g/mol. The largest absolute Gasteiger partial charge is 0.479 e. The maximum atomic E-state index is 13.6. The number of hydrogen-bond acceptors (Lipinski definition) is 11. The Morgan fingerprint density at radius 3 is 2.05 bits per heavy atom. The van der Waals surface area contributed by atoms with E-state index in [9.17, 15) is 13.6 Å². The molecule has 4 heterocycles. The van der Waals surface area contributed by atoms with Crippen molar-refractivity contribution in [2.75, 3.05) is 17.7 Å². The summed E-state index contributed by atoms with van der Waals surface area (Å²) >= 11 is 0. The molecular formula is C23H16F2N8O4. The number of pyridine rings is 2. The molecule has 186 valence electrons. The Labute approximate surface area is 205 Å². The van der Waals surface area contributed by atoms with Crippen LogP contribution in [0.15, 0.2) is 74.7 Å². The van der Waals surface area contributed by atoms with Crippen molar-refractivity contribution in [3.63, 3.8) is 0 Å². The van der Waals surface area contributed by atoms with E-state index in [0.717, 1.165) is 0 Å². The van der Waals surface area contributed by atoms with Crippen molar-refractivity contribution in [3.8, 4) is 5.88 Å². The van der Waals surface area contributed by atoms with Gasteiger partial charge in [-0.25, -0.2) is 18.0 Å². The molecule has 0 fully saturated rings. The first-order valence-electron chi connectivity index (χ1n) is 10.6. The van der Waals surface area contributed by atoms with Crippen LogP contribution in [0, 0.1) is 11.6 Å². The Morgan fingerprint density at radius 1 is 0.784 bits per heavy atom. The lowest BCUT2D eigenvalue weighted by Gasteiger charge is -2.10. The van der Waals surface area contributed by atoms with Gasteiger partial charge in [0.15, 0.2) is 11.0 Å². The molecule has 0 radical (unpaired) electrons. The molecule has 37 heavy (non-hydrogen) atoms. The summed E-state index contributed by atoms with van der Waals surface area (Å²) in [5.41, 5.74) is 2.17. The highest BCUT2D eigenvalue weighted by Crippen LogP contribution is 2.29. The predicted molar refractivity (Wildman–Crippen MR) is 128 cm³/mol. The maximum Gasteiger partial charge on any atom is 0.273 e. The van der Waals surface area contributed by atoms with Gasteiger partial charge >= 0.3 is 0 Å². The molecule has 0 saturated carbocycles. The van der Waals surface area contributed by atoms with Crippen LogP contribution in [0.4, 0.5) is 31.5 Å². The molecule has 6 rings (SSSR count). The lowest BCUT2D eigenvalue weighted by Crippen LogP contribution is -2.11. The fourth-order valence-electron chi connectivity index (χ4n) is 3.22. The first-order chi connectivity index (χ1) is 18.0. The van der Waals surface area contributed by atoms with E-state index in [1.807, 2.05) is 0 Å². The van der Waals surface area contributed by atoms with Crippen LogP contribution in [-0.4, -0.2) is 37.7 Å². The molecule has 0 atom stereocenters. The molecule has 6 aromatic rings. The van der Waals surface area contributed by atoms with Crippen molar-refractivity contribution in [1.29, 1.82) is 0 Å². The number of benzene rings is 2. The Hall–Kier alpha value is -5.40. The van der Waals surface area contributed by atoms with Gasteiger partial charge in [0.2, 0.25) is 17.2 Å². The van der Waals surface area contributed by atoms with Crippen LogP contribution in [0.5, 0.6) is 5.88 Å². The Balaban J connectivity index is 0.000000152. The summed E-state index contributed by atoms with van der Waals surface area (Å²) in [5, 5.41) is 20.0. The van der Waals surface area contributed by atoms with E-state index in [0.29, 0.717) is 28.1 Å². The van der Waals surface area contributed by atoms with Gasteiger partial charge < -0.3 is 20.4 Å². The van der Waals surface area contributed by atoms with E-state index in [1.54, 1.807) is 36.4 Å². The summed E-state index contributed by atoms with van der Waals surface area (Å²) in [6.07, 6.45) is 0. The number of nitrogens with one attached hydrogen (secondary N) is 3. The first kappa shape index (κ1) is 23.3. The third kappa shape index (κ3) is 5.02. The third-order valence-electron chi connectivity index (χ3n) is 4.97. The minimum atomic E-state index is -0.449. The molecule has 0 saturated heterocycles. The molecule has 3 N–H and O–H groups in total. The Kier molecular flexibility index (Phi) is 6.35. The third-order valence-corrected chi connectivity index (χ3v) is 4.97. The maximum absolute atomic E-state index is 13.6. The van der Waals surface area contributed by atoms with E-state index in [-0.39, 0.29) is 28.7 Å². The van der Waals surface area contributed by atoms with Crippen molar-refractivity contribution < 1.29 is 22.8 Å². The molecule has 2 aromatic carbocycles. The van der Waals surface area contributed by atoms with E-state index in [4.69, 9.17) is 4.74 Å². The van der Waals surface area contributed by atoms with Crippen molar-refractivity contribution in [3.05, 3.63) is 82.7 Å². The van der Waals surface area contributed by atoms with Gasteiger partial charge in [0.1, 0.15) is 23.0 Å². The number of methoxy groups -OCH3 is 1.